The molecular formula is C9H16O. The summed E-state index contributed by atoms with van der Waals surface area (Å²) in [5.74, 6) is 0.518. The van der Waals surface area contributed by atoms with Gasteiger partial charge in [0.05, 0.1) is 0 Å². The van der Waals surface area contributed by atoms with Crippen molar-refractivity contribution in [2.45, 2.75) is 26.7 Å². The Hall–Kier alpha value is -0.520. The first-order chi connectivity index (χ1) is 4.72. The van der Waals surface area contributed by atoms with Crippen LogP contribution in [0.4, 0.5) is 0 Å². The normalized spacial score (nSPS) is 9.60. The summed E-state index contributed by atoms with van der Waals surface area (Å²) in [6.07, 6.45) is 1.76. The van der Waals surface area contributed by atoms with Gasteiger partial charge in [-0.2, -0.15) is 0 Å². The van der Waals surface area contributed by atoms with Crippen LogP contribution in [-0.4, -0.2) is 11.7 Å². The Labute approximate surface area is 63.1 Å². The van der Waals surface area contributed by atoms with Gasteiger partial charge in [-0.15, -0.1) is 5.73 Å². The van der Waals surface area contributed by atoms with Crippen molar-refractivity contribution in [3.8, 4) is 0 Å². The number of hydrogen-bond acceptors (Lipinski definition) is 1. The Kier molecular flexibility index (Phi) is 5.00. The van der Waals surface area contributed by atoms with E-state index in [2.05, 4.69) is 26.2 Å². The van der Waals surface area contributed by atoms with Gasteiger partial charge in [-0.25, -0.2) is 0 Å². The monoisotopic (exact) mass is 140 g/mol. The van der Waals surface area contributed by atoms with Gasteiger partial charge in [0.25, 0.3) is 0 Å². The van der Waals surface area contributed by atoms with Crippen LogP contribution in [0.15, 0.2) is 17.9 Å². The molecule has 0 atom stereocenters. The van der Waals surface area contributed by atoms with Gasteiger partial charge in [0, 0.05) is 6.61 Å². The van der Waals surface area contributed by atoms with Crippen molar-refractivity contribution in [1.29, 1.82) is 0 Å². The molecule has 1 N–H and O–H groups in total. The summed E-state index contributed by atoms with van der Waals surface area (Å²) in [7, 11) is 0. The van der Waals surface area contributed by atoms with E-state index in [4.69, 9.17) is 5.11 Å². The molecule has 1 heteroatoms. The highest BCUT2D eigenvalue weighted by Crippen LogP contribution is 2.13. The summed E-state index contributed by atoms with van der Waals surface area (Å²) < 4.78 is 0. The van der Waals surface area contributed by atoms with Crippen molar-refractivity contribution in [2.75, 3.05) is 6.61 Å². The molecule has 0 bridgehead atoms. The molecule has 0 aliphatic carbocycles. The Morgan fingerprint density at radius 2 is 2.20 bits per heavy atom. The Bertz CT molecular complexity index is 130. The Morgan fingerprint density at radius 3 is 2.50 bits per heavy atom. The first-order valence-electron chi connectivity index (χ1n) is 3.72. The predicted octanol–water partition coefficient (Wildman–Crippen LogP) is 2.13. The van der Waals surface area contributed by atoms with Gasteiger partial charge in [-0.3, -0.25) is 0 Å². The maximum absolute atomic E-state index is 8.53. The standard InChI is InChI=1S/C9H16O/c1-4-9(8(2)3)6-5-7-10/h8,10H,1,5-7H2,2-3H3. The lowest BCUT2D eigenvalue weighted by atomic mass is 10.00. The average molecular weight is 140 g/mol. The van der Waals surface area contributed by atoms with Gasteiger partial charge >= 0.3 is 0 Å². The van der Waals surface area contributed by atoms with E-state index in [9.17, 15) is 0 Å². The zero-order valence-corrected chi connectivity index (χ0v) is 6.85. The van der Waals surface area contributed by atoms with Crippen molar-refractivity contribution in [3.63, 3.8) is 0 Å². The minimum atomic E-state index is 0.262. The fraction of sp³-hybridized carbons (Fsp3) is 0.667. The predicted molar refractivity (Wildman–Crippen MR) is 43.8 cm³/mol. The summed E-state index contributed by atoms with van der Waals surface area (Å²) >= 11 is 0. The lowest BCUT2D eigenvalue weighted by Crippen LogP contribution is -1.94. The summed E-state index contributed by atoms with van der Waals surface area (Å²) in [5.41, 5.74) is 4.11. The van der Waals surface area contributed by atoms with Crippen molar-refractivity contribution >= 4 is 0 Å². The first-order valence-corrected chi connectivity index (χ1v) is 3.72. The SMILES string of the molecule is C=C=C(CCCO)C(C)C. The second-order valence-electron chi connectivity index (χ2n) is 2.68. The molecule has 0 aromatic heterocycles. The number of allylic oxidation sites excluding steroid dienone is 1. The smallest absolute Gasteiger partial charge is 0.0434 e. The van der Waals surface area contributed by atoms with Crippen LogP contribution < -0.4 is 0 Å². The third kappa shape index (κ3) is 3.49. The Morgan fingerprint density at radius 1 is 1.60 bits per heavy atom. The molecule has 0 saturated heterocycles. The molecule has 1 nitrogen and oxygen atoms in total. The van der Waals surface area contributed by atoms with E-state index >= 15 is 0 Å². The molecule has 0 aromatic rings. The van der Waals surface area contributed by atoms with Crippen LogP contribution in [-0.2, 0) is 0 Å². The Balaban J connectivity index is 3.75. The van der Waals surface area contributed by atoms with Crippen LogP contribution in [0.1, 0.15) is 26.7 Å². The number of aliphatic hydroxyl groups is 1. The van der Waals surface area contributed by atoms with Crippen molar-refractivity contribution < 1.29 is 5.11 Å². The maximum atomic E-state index is 8.53. The molecule has 58 valence electrons. The van der Waals surface area contributed by atoms with E-state index < -0.39 is 0 Å². The molecule has 0 amide bonds. The molecular weight excluding hydrogens is 124 g/mol. The van der Waals surface area contributed by atoms with E-state index in [0.29, 0.717) is 5.92 Å². The van der Waals surface area contributed by atoms with Crippen LogP contribution in [0.2, 0.25) is 0 Å². The second-order valence-corrected chi connectivity index (χ2v) is 2.68. The highest BCUT2D eigenvalue weighted by molar-refractivity contribution is 5.01. The summed E-state index contributed by atoms with van der Waals surface area (Å²) in [5, 5.41) is 8.53. The first kappa shape index (κ1) is 9.48. The summed E-state index contributed by atoms with van der Waals surface area (Å²) in [4.78, 5) is 0. The fourth-order valence-corrected chi connectivity index (χ4v) is 0.851. The molecule has 0 spiro atoms. The number of aliphatic hydroxyl groups excluding tert-OH is 1. The molecule has 0 aliphatic rings. The maximum Gasteiger partial charge on any atom is 0.0434 e. The van der Waals surface area contributed by atoms with Gasteiger partial charge in [-0.1, -0.05) is 20.4 Å². The van der Waals surface area contributed by atoms with Crippen LogP contribution >= 0.6 is 0 Å². The van der Waals surface area contributed by atoms with Gasteiger partial charge in [-0.05, 0) is 24.3 Å². The largest absolute Gasteiger partial charge is 0.396 e. The molecule has 0 rings (SSSR count). The quantitative estimate of drug-likeness (QED) is 0.593. The van der Waals surface area contributed by atoms with E-state index in [-0.39, 0.29) is 6.61 Å². The van der Waals surface area contributed by atoms with Gasteiger partial charge in [0.2, 0.25) is 0 Å². The zero-order valence-electron chi connectivity index (χ0n) is 6.85. The van der Waals surface area contributed by atoms with E-state index in [0.717, 1.165) is 12.8 Å². The van der Waals surface area contributed by atoms with E-state index in [1.165, 1.54) is 5.57 Å². The van der Waals surface area contributed by atoms with Gasteiger partial charge < -0.3 is 5.11 Å². The molecule has 0 saturated carbocycles. The highest BCUT2D eigenvalue weighted by atomic mass is 16.2. The van der Waals surface area contributed by atoms with Crippen molar-refractivity contribution in [2.24, 2.45) is 5.92 Å². The van der Waals surface area contributed by atoms with Crippen LogP contribution in [0, 0.1) is 5.92 Å². The third-order valence-corrected chi connectivity index (χ3v) is 1.53. The average Bonchev–Trinajstić information content (AvgIpc) is 1.89. The molecule has 0 aromatic carbocycles. The van der Waals surface area contributed by atoms with E-state index in [1.807, 2.05) is 0 Å². The topological polar surface area (TPSA) is 20.2 Å². The van der Waals surface area contributed by atoms with Crippen molar-refractivity contribution in [3.05, 3.63) is 17.9 Å². The molecule has 0 heterocycles. The highest BCUT2D eigenvalue weighted by Gasteiger charge is 2.00. The van der Waals surface area contributed by atoms with E-state index in [1.54, 1.807) is 0 Å². The molecule has 0 aliphatic heterocycles. The second kappa shape index (κ2) is 5.28. The molecule has 0 radical (unpaired) electrons. The lowest BCUT2D eigenvalue weighted by Gasteiger charge is -2.06. The number of hydrogen-bond donors (Lipinski definition) is 1. The molecule has 0 fully saturated rings. The van der Waals surface area contributed by atoms with Crippen LogP contribution in [0.3, 0.4) is 0 Å². The van der Waals surface area contributed by atoms with Crippen molar-refractivity contribution in [1.82, 2.24) is 0 Å². The minimum Gasteiger partial charge on any atom is -0.396 e. The lowest BCUT2D eigenvalue weighted by molar-refractivity contribution is 0.287. The number of rotatable bonds is 4. The minimum absolute atomic E-state index is 0.262. The fourth-order valence-electron chi connectivity index (χ4n) is 0.851. The summed E-state index contributed by atoms with van der Waals surface area (Å²) in [6.45, 7) is 8.09. The van der Waals surface area contributed by atoms with Crippen LogP contribution in [0.25, 0.3) is 0 Å². The van der Waals surface area contributed by atoms with Gasteiger partial charge in [0.1, 0.15) is 0 Å². The molecule has 10 heavy (non-hydrogen) atoms. The third-order valence-electron chi connectivity index (χ3n) is 1.53. The van der Waals surface area contributed by atoms with Crippen LogP contribution in [0.5, 0.6) is 0 Å². The summed E-state index contributed by atoms with van der Waals surface area (Å²) in [6, 6.07) is 0. The van der Waals surface area contributed by atoms with Gasteiger partial charge in [0.15, 0.2) is 0 Å². The zero-order chi connectivity index (χ0) is 7.98. The molecule has 0 unspecified atom stereocenters.